The third-order valence-electron chi connectivity index (χ3n) is 4.11. The Morgan fingerprint density at radius 1 is 1.43 bits per heavy atom. The van der Waals surface area contributed by atoms with Gasteiger partial charge in [-0.15, -0.1) is 5.10 Å². The number of carbonyl (C=O) groups is 1. The van der Waals surface area contributed by atoms with Gasteiger partial charge in [-0.1, -0.05) is 6.42 Å². The summed E-state index contributed by atoms with van der Waals surface area (Å²) < 4.78 is 1.58. The molecule has 1 atom stereocenters. The molecule has 1 aliphatic heterocycles. The van der Waals surface area contributed by atoms with Crippen LogP contribution in [0, 0.1) is 0 Å². The summed E-state index contributed by atoms with van der Waals surface area (Å²) in [6.07, 6.45) is 5.13. The minimum Gasteiger partial charge on any atom is -0.478 e. The van der Waals surface area contributed by atoms with Crippen LogP contribution in [0.15, 0.2) is 18.3 Å². The SMILES string of the molecule is CC(C)N1CCCCC1c1nc2c(C(=O)O)cccn2n1. The highest BCUT2D eigenvalue weighted by atomic mass is 16.4. The zero-order valence-electron chi connectivity index (χ0n) is 12.4. The fraction of sp³-hybridized carbons (Fsp3) is 0.533. The third kappa shape index (κ3) is 2.51. The maximum absolute atomic E-state index is 11.3. The Bertz CT molecular complexity index is 665. The van der Waals surface area contributed by atoms with Crippen LogP contribution in [0.2, 0.25) is 0 Å². The minimum atomic E-state index is -0.969. The lowest BCUT2D eigenvalue weighted by molar-refractivity contribution is 0.0698. The molecule has 2 aromatic heterocycles. The van der Waals surface area contributed by atoms with E-state index in [2.05, 4.69) is 28.8 Å². The van der Waals surface area contributed by atoms with Crippen molar-refractivity contribution in [1.29, 1.82) is 0 Å². The van der Waals surface area contributed by atoms with Crippen LogP contribution < -0.4 is 0 Å². The van der Waals surface area contributed by atoms with E-state index in [0.29, 0.717) is 11.7 Å². The third-order valence-corrected chi connectivity index (χ3v) is 4.11. The van der Waals surface area contributed by atoms with Crippen LogP contribution in [0.5, 0.6) is 0 Å². The summed E-state index contributed by atoms with van der Waals surface area (Å²) in [5, 5.41) is 13.8. The predicted molar refractivity (Wildman–Crippen MR) is 78.4 cm³/mol. The molecule has 0 bridgehead atoms. The number of rotatable bonds is 3. The molecule has 1 N–H and O–H groups in total. The first-order valence-corrected chi connectivity index (χ1v) is 7.42. The Hall–Kier alpha value is -1.95. The number of nitrogens with zero attached hydrogens (tertiary/aromatic N) is 4. The van der Waals surface area contributed by atoms with Crippen molar-refractivity contribution in [1.82, 2.24) is 19.5 Å². The lowest BCUT2D eigenvalue weighted by atomic mass is 10.00. The lowest BCUT2D eigenvalue weighted by Gasteiger charge is -2.36. The zero-order valence-corrected chi connectivity index (χ0v) is 12.4. The summed E-state index contributed by atoms with van der Waals surface area (Å²) in [5.41, 5.74) is 0.623. The van der Waals surface area contributed by atoms with Gasteiger partial charge in [0.2, 0.25) is 0 Å². The van der Waals surface area contributed by atoms with E-state index in [0.717, 1.165) is 25.2 Å². The second-order valence-corrected chi connectivity index (χ2v) is 5.81. The highest BCUT2D eigenvalue weighted by Crippen LogP contribution is 2.31. The average molecular weight is 288 g/mol. The molecule has 6 nitrogen and oxygen atoms in total. The molecule has 0 spiro atoms. The van der Waals surface area contributed by atoms with Crippen molar-refractivity contribution in [3.05, 3.63) is 29.7 Å². The van der Waals surface area contributed by atoms with Gasteiger partial charge in [0.1, 0.15) is 5.56 Å². The van der Waals surface area contributed by atoms with E-state index >= 15 is 0 Å². The second-order valence-electron chi connectivity index (χ2n) is 5.81. The molecular formula is C15H20N4O2. The molecule has 0 saturated carbocycles. The Morgan fingerprint density at radius 2 is 2.24 bits per heavy atom. The highest BCUT2D eigenvalue weighted by Gasteiger charge is 2.29. The van der Waals surface area contributed by atoms with E-state index < -0.39 is 5.97 Å². The average Bonchev–Trinajstić information content (AvgIpc) is 2.90. The Kier molecular flexibility index (Phi) is 3.63. The largest absolute Gasteiger partial charge is 0.478 e. The molecule has 6 heteroatoms. The number of pyridine rings is 1. The van der Waals surface area contributed by atoms with Crippen molar-refractivity contribution in [3.63, 3.8) is 0 Å². The number of fused-ring (bicyclic) bond motifs is 1. The van der Waals surface area contributed by atoms with E-state index in [1.54, 1.807) is 22.8 Å². The van der Waals surface area contributed by atoms with E-state index in [-0.39, 0.29) is 11.6 Å². The molecule has 3 rings (SSSR count). The van der Waals surface area contributed by atoms with Crippen LogP contribution >= 0.6 is 0 Å². The van der Waals surface area contributed by atoms with Crippen molar-refractivity contribution in [2.24, 2.45) is 0 Å². The Balaban J connectivity index is 2.04. The molecule has 2 aromatic rings. The fourth-order valence-corrected chi connectivity index (χ4v) is 3.08. The highest BCUT2D eigenvalue weighted by molar-refractivity contribution is 5.94. The number of aromatic nitrogens is 3. The van der Waals surface area contributed by atoms with Crippen LogP contribution in [-0.2, 0) is 0 Å². The molecule has 1 fully saturated rings. The van der Waals surface area contributed by atoms with E-state index in [1.807, 2.05) is 0 Å². The lowest BCUT2D eigenvalue weighted by Crippen LogP contribution is -2.39. The number of hydrogen-bond acceptors (Lipinski definition) is 4. The van der Waals surface area contributed by atoms with Gasteiger partial charge in [0.15, 0.2) is 11.5 Å². The van der Waals surface area contributed by atoms with Crippen LogP contribution in [0.4, 0.5) is 0 Å². The number of likely N-dealkylation sites (tertiary alicyclic amines) is 1. The molecular weight excluding hydrogens is 268 g/mol. The van der Waals surface area contributed by atoms with Crippen molar-refractivity contribution in [3.8, 4) is 0 Å². The fourth-order valence-electron chi connectivity index (χ4n) is 3.08. The van der Waals surface area contributed by atoms with Crippen molar-refractivity contribution < 1.29 is 9.90 Å². The van der Waals surface area contributed by atoms with E-state index in [1.165, 1.54) is 6.42 Å². The Morgan fingerprint density at radius 3 is 2.95 bits per heavy atom. The molecule has 1 unspecified atom stereocenters. The van der Waals surface area contributed by atoms with Gasteiger partial charge in [-0.05, 0) is 45.4 Å². The summed E-state index contributed by atoms with van der Waals surface area (Å²) in [4.78, 5) is 18.2. The van der Waals surface area contributed by atoms with Gasteiger partial charge in [-0.3, -0.25) is 4.90 Å². The summed E-state index contributed by atoms with van der Waals surface area (Å²) in [7, 11) is 0. The van der Waals surface area contributed by atoms with Crippen LogP contribution in [-0.4, -0.2) is 43.2 Å². The van der Waals surface area contributed by atoms with Gasteiger partial charge in [-0.25, -0.2) is 14.3 Å². The molecule has 1 aliphatic rings. The first-order valence-electron chi connectivity index (χ1n) is 7.42. The maximum atomic E-state index is 11.3. The standard InChI is InChI=1S/C15H20N4O2/c1-10(2)18-8-4-3-7-12(18)13-16-14-11(15(20)21)6-5-9-19(14)17-13/h5-6,9-10,12H,3-4,7-8H2,1-2H3,(H,20,21). The molecule has 0 aliphatic carbocycles. The van der Waals surface area contributed by atoms with Gasteiger partial charge in [0.05, 0.1) is 6.04 Å². The number of hydrogen-bond donors (Lipinski definition) is 1. The molecule has 112 valence electrons. The number of carboxylic acid groups (broad SMARTS) is 1. The van der Waals surface area contributed by atoms with E-state index in [4.69, 9.17) is 0 Å². The number of piperidine rings is 1. The number of carboxylic acids is 1. The second kappa shape index (κ2) is 5.44. The molecule has 3 heterocycles. The monoisotopic (exact) mass is 288 g/mol. The van der Waals surface area contributed by atoms with Gasteiger partial charge in [0.25, 0.3) is 0 Å². The van der Waals surface area contributed by atoms with Crippen molar-refractivity contribution in [2.75, 3.05) is 6.54 Å². The predicted octanol–water partition coefficient (Wildman–Crippen LogP) is 2.36. The molecule has 1 saturated heterocycles. The first kappa shape index (κ1) is 14.0. The topological polar surface area (TPSA) is 70.7 Å². The molecule has 0 aromatic carbocycles. The van der Waals surface area contributed by atoms with Crippen molar-refractivity contribution in [2.45, 2.75) is 45.2 Å². The first-order chi connectivity index (χ1) is 10.1. The van der Waals surface area contributed by atoms with E-state index in [9.17, 15) is 9.90 Å². The molecule has 0 radical (unpaired) electrons. The summed E-state index contributed by atoms with van der Waals surface area (Å²) in [6.45, 7) is 5.40. The molecule has 21 heavy (non-hydrogen) atoms. The maximum Gasteiger partial charge on any atom is 0.339 e. The Labute approximate surface area is 123 Å². The molecule has 0 amide bonds. The van der Waals surface area contributed by atoms with Crippen molar-refractivity contribution >= 4 is 11.6 Å². The van der Waals surface area contributed by atoms with Gasteiger partial charge in [0, 0.05) is 12.2 Å². The van der Waals surface area contributed by atoms with Crippen LogP contribution in [0.25, 0.3) is 5.65 Å². The van der Waals surface area contributed by atoms with Crippen LogP contribution in [0.3, 0.4) is 0 Å². The quantitative estimate of drug-likeness (QED) is 0.938. The van der Waals surface area contributed by atoms with Gasteiger partial charge < -0.3 is 5.11 Å². The smallest absolute Gasteiger partial charge is 0.339 e. The summed E-state index contributed by atoms with van der Waals surface area (Å²) >= 11 is 0. The zero-order chi connectivity index (χ0) is 15.0. The normalized spacial score (nSPS) is 20.2. The van der Waals surface area contributed by atoms with Crippen LogP contribution in [0.1, 0.15) is 55.3 Å². The van der Waals surface area contributed by atoms with Gasteiger partial charge in [-0.2, -0.15) is 0 Å². The number of aromatic carboxylic acids is 1. The summed E-state index contributed by atoms with van der Waals surface area (Å²) in [6, 6.07) is 3.87. The minimum absolute atomic E-state index is 0.181. The van der Waals surface area contributed by atoms with Gasteiger partial charge >= 0.3 is 5.97 Å². The summed E-state index contributed by atoms with van der Waals surface area (Å²) in [5.74, 6) is -0.235.